The minimum atomic E-state index is -0.497. The molecule has 0 unspecified atom stereocenters. The molecule has 62 heavy (non-hydrogen) atoms. The van der Waals surface area contributed by atoms with Gasteiger partial charge in [-0.05, 0) is 98.1 Å². The van der Waals surface area contributed by atoms with Crippen LogP contribution in [0.4, 0.5) is 17.1 Å². The number of hydrogen-bond donors (Lipinski definition) is 0. The van der Waals surface area contributed by atoms with Crippen molar-refractivity contribution in [3.8, 4) is 67.3 Å². The Hall–Kier alpha value is -8.14. The summed E-state index contributed by atoms with van der Waals surface area (Å²) in [6.45, 7) is 0. The van der Waals surface area contributed by atoms with Gasteiger partial charge in [-0.2, -0.15) is 0 Å². The van der Waals surface area contributed by atoms with E-state index in [1.54, 1.807) is 0 Å². The van der Waals surface area contributed by atoms with Gasteiger partial charge in [0.25, 0.3) is 0 Å². The monoisotopic (exact) mass is 789 g/mol. The summed E-state index contributed by atoms with van der Waals surface area (Å²) in [4.78, 5) is 12.5. The molecule has 1 aliphatic heterocycles. The van der Waals surface area contributed by atoms with Crippen molar-refractivity contribution in [1.29, 1.82) is 0 Å². The summed E-state index contributed by atoms with van der Waals surface area (Å²) in [5, 5.41) is 0. The van der Waals surface area contributed by atoms with Gasteiger partial charge in [0, 0.05) is 22.4 Å². The van der Waals surface area contributed by atoms with Gasteiger partial charge in [0.1, 0.15) is 0 Å². The molecule has 10 aromatic rings. The van der Waals surface area contributed by atoms with E-state index in [0.29, 0.717) is 5.82 Å². The molecule has 0 radical (unpaired) electrons. The SMILES string of the molecule is c1ccc(-c2cc(-c3cccc(-c4ccc(-c5ccc6c(c5)C5(c7ccccc7-6)c6ccccc6N(c6ccccc6)c6ccccc65)cc4)c3)nc(-c3ccccc3)n2)cc1. The van der Waals surface area contributed by atoms with Gasteiger partial charge in [0.2, 0.25) is 0 Å². The highest BCUT2D eigenvalue weighted by atomic mass is 15.2. The van der Waals surface area contributed by atoms with Crippen LogP contribution >= 0.6 is 0 Å². The van der Waals surface area contributed by atoms with Crippen molar-refractivity contribution in [1.82, 2.24) is 9.97 Å². The van der Waals surface area contributed by atoms with Gasteiger partial charge >= 0.3 is 0 Å². The quantitative estimate of drug-likeness (QED) is 0.168. The van der Waals surface area contributed by atoms with Crippen molar-refractivity contribution in [3.05, 3.63) is 259 Å². The van der Waals surface area contributed by atoms with Crippen LogP contribution in [0.3, 0.4) is 0 Å². The molecule has 12 rings (SSSR count). The van der Waals surface area contributed by atoms with Crippen molar-refractivity contribution < 1.29 is 0 Å². The van der Waals surface area contributed by atoms with Gasteiger partial charge in [-0.3, -0.25) is 0 Å². The summed E-state index contributed by atoms with van der Waals surface area (Å²) in [5.41, 5.74) is 20.4. The van der Waals surface area contributed by atoms with Crippen LogP contribution in [-0.4, -0.2) is 9.97 Å². The Kier molecular flexibility index (Phi) is 8.39. The lowest BCUT2D eigenvalue weighted by atomic mass is 9.64. The average Bonchev–Trinajstić information content (AvgIpc) is 3.65. The lowest BCUT2D eigenvalue weighted by molar-refractivity contribution is 0.753. The molecule has 2 heterocycles. The van der Waals surface area contributed by atoms with Crippen LogP contribution in [0.15, 0.2) is 237 Å². The van der Waals surface area contributed by atoms with Gasteiger partial charge in [-0.1, -0.05) is 194 Å². The van der Waals surface area contributed by atoms with E-state index >= 15 is 0 Å². The first-order chi connectivity index (χ1) is 30.7. The van der Waals surface area contributed by atoms with Crippen LogP contribution in [0.2, 0.25) is 0 Å². The molecule has 0 atom stereocenters. The van der Waals surface area contributed by atoms with Crippen molar-refractivity contribution in [2.45, 2.75) is 5.41 Å². The normalized spacial score (nSPS) is 12.9. The molecule has 1 aromatic heterocycles. The van der Waals surface area contributed by atoms with Gasteiger partial charge in [-0.25, -0.2) is 9.97 Å². The van der Waals surface area contributed by atoms with E-state index in [-0.39, 0.29) is 0 Å². The first-order valence-corrected chi connectivity index (χ1v) is 21.2. The summed E-state index contributed by atoms with van der Waals surface area (Å²) in [5.74, 6) is 0.713. The molecule has 2 aliphatic rings. The molecule has 290 valence electrons. The largest absolute Gasteiger partial charge is 0.310 e. The van der Waals surface area contributed by atoms with Gasteiger partial charge < -0.3 is 4.90 Å². The lowest BCUT2D eigenvalue weighted by Gasteiger charge is -2.45. The Morgan fingerprint density at radius 2 is 0.758 bits per heavy atom. The van der Waals surface area contributed by atoms with Crippen LogP contribution in [0.25, 0.3) is 67.3 Å². The molecule has 0 bridgehead atoms. The molecule has 3 nitrogen and oxygen atoms in total. The van der Waals surface area contributed by atoms with E-state index < -0.39 is 5.41 Å². The third-order valence-corrected chi connectivity index (χ3v) is 12.7. The molecular formula is C59H39N3. The summed E-state index contributed by atoms with van der Waals surface area (Å²) in [6.07, 6.45) is 0. The lowest BCUT2D eigenvalue weighted by Crippen LogP contribution is -2.36. The molecule has 1 spiro atoms. The maximum Gasteiger partial charge on any atom is 0.160 e. The minimum absolute atomic E-state index is 0.497. The van der Waals surface area contributed by atoms with E-state index in [9.17, 15) is 0 Å². The van der Waals surface area contributed by atoms with E-state index in [2.05, 4.69) is 217 Å². The number of para-hydroxylation sites is 3. The number of benzene rings is 9. The van der Waals surface area contributed by atoms with Crippen molar-refractivity contribution >= 4 is 17.1 Å². The fourth-order valence-electron chi connectivity index (χ4n) is 9.92. The maximum absolute atomic E-state index is 5.10. The highest BCUT2D eigenvalue weighted by Gasteiger charge is 2.51. The Morgan fingerprint density at radius 3 is 1.42 bits per heavy atom. The zero-order valence-corrected chi connectivity index (χ0v) is 33.9. The fourth-order valence-corrected chi connectivity index (χ4v) is 9.92. The minimum Gasteiger partial charge on any atom is -0.310 e. The van der Waals surface area contributed by atoms with Crippen molar-refractivity contribution in [3.63, 3.8) is 0 Å². The van der Waals surface area contributed by atoms with Gasteiger partial charge in [0.05, 0.1) is 28.2 Å². The highest BCUT2D eigenvalue weighted by molar-refractivity contribution is 5.96. The summed E-state index contributed by atoms with van der Waals surface area (Å²) < 4.78 is 0. The molecule has 3 heteroatoms. The highest BCUT2D eigenvalue weighted by Crippen LogP contribution is 2.63. The second kappa shape index (κ2) is 14.5. The summed E-state index contributed by atoms with van der Waals surface area (Å²) >= 11 is 0. The molecule has 9 aromatic carbocycles. The van der Waals surface area contributed by atoms with E-state index in [1.165, 1.54) is 55.9 Å². The number of anilines is 3. The third-order valence-electron chi connectivity index (χ3n) is 12.7. The maximum atomic E-state index is 5.10. The predicted octanol–water partition coefficient (Wildman–Crippen LogP) is 15.0. The van der Waals surface area contributed by atoms with Crippen molar-refractivity contribution in [2.24, 2.45) is 0 Å². The standard InChI is InChI=1S/C59H39N3/c1-4-17-42(18-5-1)54-39-55(61-58(60-54)43-19-6-2-7-20-43)46-22-16-21-44(37-46)40-31-33-41(34-32-40)45-35-36-49-48-25-10-11-26-50(48)59(53(49)38-45)51-27-12-14-29-56(51)62(47-23-8-3-9-24-47)57-30-15-13-28-52(57)59/h1-39H. The Bertz CT molecular complexity index is 3180. The summed E-state index contributed by atoms with van der Waals surface area (Å²) in [6, 6.07) is 85.3. The number of rotatable bonds is 6. The van der Waals surface area contributed by atoms with E-state index in [4.69, 9.17) is 9.97 Å². The van der Waals surface area contributed by atoms with Gasteiger partial charge in [-0.15, -0.1) is 0 Å². The molecule has 0 amide bonds. The molecule has 0 saturated carbocycles. The Balaban J connectivity index is 0.950. The van der Waals surface area contributed by atoms with E-state index in [0.717, 1.165) is 44.9 Å². The number of hydrogen-bond acceptors (Lipinski definition) is 3. The topological polar surface area (TPSA) is 29.0 Å². The fraction of sp³-hybridized carbons (Fsp3) is 0.0169. The third kappa shape index (κ3) is 5.67. The smallest absolute Gasteiger partial charge is 0.160 e. The zero-order chi connectivity index (χ0) is 41.0. The first-order valence-electron chi connectivity index (χ1n) is 21.2. The van der Waals surface area contributed by atoms with Crippen LogP contribution in [0.5, 0.6) is 0 Å². The Labute approximate surface area is 361 Å². The predicted molar refractivity (Wildman–Crippen MR) is 255 cm³/mol. The van der Waals surface area contributed by atoms with Gasteiger partial charge in [0.15, 0.2) is 5.82 Å². The second-order valence-electron chi connectivity index (χ2n) is 16.1. The van der Waals surface area contributed by atoms with Crippen LogP contribution in [0, 0.1) is 0 Å². The number of nitrogens with zero attached hydrogens (tertiary/aromatic N) is 3. The van der Waals surface area contributed by atoms with Crippen LogP contribution in [-0.2, 0) is 5.41 Å². The molecule has 0 saturated heterocycles. The Morgan fingerprint density at radius 1 is 0.290 bits per heavy atom. The molecule has 0 N–H and O–H groups in total. The number of fused-ring (bicyclic) bond motifs is 9. The van der Waals surface area contributed by atoms with Crippen LogP contribution < -0.4 is 4.90 Å². The van der Waals surface area contributed by atoms with Crippen molar-refractivity contribution in [2.75, 3.05) is 4.90 Å². The molecule has 1 aliphatic carbocycles. The number of aromatic nitrogens is 2. The molecular weight excluding hydrogens is 751 g/mol. The van der Waals surface area contributed by atoms with Crippen LogP contribution in [0.1, 0.15) is 22.3 Å². The van der Waals surface area contributed by atoms with E-state index in [1.807, 2.05) is 24.3 Å². The first kappa shape index (κ1) is 35.8. The summed E-state index contributed by atoms with van der Waals surface area (Å²) in [7, 11) is 0. The average molecular weight is 790 g/mol. The molecule has 0 fully saturated rings. The zero-order valence-electron chi connectivity index (χ0n) is 33.9. The second-order valence-corrected chi connectivity index (χ2v) is 16.1.